The molecule has 150 valence electrons. The number of ketones is 1. The van der Waals surface area contributed by atoms with Gasteiger partial charge in [-0.1, -0.05) is 54.1 Å². The molecule has 0 saturated carbocycles. The van der Waals surface area contributed by atoms with Gasteiger partial charge in [-0.3, -0.25) is 4.79 Å². The minimum atomic E-state index is 0.0735. The van der Waals surface area contributed by atoms with Gasteiger partial charge in [-0.15, -0.1) is 0 Å². The van der Waals surface area contributed by atoms with Crippen LogP contribution in [0.2, 0.25) is 5.02 Å². The van der Waals surface area contributed by atoms with E-state index < -0.39 is 0 Å². The van der Waals surface area contributed by atoms with Crippen molar-refractivity contribution in [3.63, 3.8) is 0 Å². The second kappa shape index (κ2) is 8.98. The maximum atomic E-state index is 12.8. The summed E-state index contributed by atoms with van der Waals surface area (Å²) < 4.78 is 1.97. The van der Waals surface area contributed by atoms with Crippen molar-refractivity contribution in [3.8, 4) is 0 Å². The zero-order valence-corrected chi connectivity index (χ0v) is 17.6. The topological polar surface area (TPSA) is 25.2 Å². The molecule has 0 unspecified atom stereocenters. The summed E-state index contributed by atoms with van der Waals surface area (Å²) >= 11 is 6.09. The number of nitrogens with zero attached hydrogens (tertiary/aromatic N) is 2. The quantitative estimate of drug-likeness (QED) is 0.397. The molecule has 2 heterocycles. The highest BCUT2D eigenvalue weighted by atomic mass is 35.5. The predicted octanol–water partition coefficient (Wildman–Crippen LogP) is 5.53. The number of halogens is 1. The number of carbonyl (C=O) groups is 1. The highest BCUT2D eigenvalue weighted by molar-refractivity contribution is 6.31. The summed E-state index contributed by atoms with van der Waals surface area (Å²) in [5.74, 6) is 0.556. The summed E-state index contributed by atoms with van der Waals surface area (Å²) in [5, 5.41) is 1.65. The van der Waals surface area contributed by atoms with Gasteiger partial charge >= 0.3 is 0 Å². The molecule has 0 bridgehead atoms. The van der Waals surface area contributed by atoms with Crippen molar-refractivity contribution in [1.82, 2.24) is 9.47 Å². The molecule has 29 heavy (non-hydrogen) atoms. The number of hydrogen-bond donors (Lipinski definition) is 0. The Balaban J connectivity index is 1.32. The van der Waals surface area contributed by atoms with E-state index in [9.17, 15) is 4.79 Å². The predicted molar refractivity (Wildman–Crippen MR) is 121 cm³/mol. The van der Waals surface area contributed by atoms with E-state index in [2.05, 4.69) is 41.3 Å². The minimum absolute atomic E-state index is 0.0735. The van der Waals surface area contributed by atoms with Gasteiger partial charge in [0.05, 0.1) is 0 Å². The number of hydrogen-bond acceptors (Lipinski definition) is 2. The van der Waals surface area contributed by atoms with Gasteiger partial charge in [0.25, 0.3) is 0 Å². The van der Waals surface area contributed by atoms with Crippen LogP contribution in [0, 0.1) is 5.92 Å². The van der Waals surface area contributed by atoms with Crippen LogP contribution in [0.15, 0.2) is 66.9 Å². The molecule has 1 aliphatic heterocycles. The highest BCUT2D eigenvalue weighted by Crippen LogP contribution is 2.25. The average molecular weight is 407 g/mol. The number of allylic oxidation sites excluding steroid dienone is 2. The van der Waals surface area contributed by atoms with Gasteiger partial charge in [0.1, 0.15) is 0 Å². The number of fused-ring (bicyclic) bond motifs is 1. The van der Waals surface area contributed by atoms with Gasteiger partial charge in [0.15, 0.2) is 5.78 Å². The van der Waals surface area contributed by atoms with E-state index in [1.807, 2.05) is 36.0 Å². The second-order valence-corrected chi connectivity index (χ2v) is 8.39. The number of likely N-dealkylation sites (tertiary alicyclic amines) is 1. The van der Waals surface area contributed by atoms with Crippen LogP contribution in [0.4, 0.5) is 0 Å². The molecule has 3 nitrogen and oxygen atoms in total. The first-order valence-corrected chi connectivity index (χ1v) is 10.7. The maximum absolute atomic E-state index is 12.8. The van der Waals surface area contributed by atoms with Gasteiger partial charge < -0.3 is 9.47 Å². The molecule has 1 fully saturated rings. The van der Waals surface area contributed by atoms with Crippen molar-refractivity contribution in [2.75, 3.05) is 19.6 Å². The zero-order valence-electron chi connectivity index (χ0n) is 16.9. The van der Waals surface area contributed by atoms with Crippen LogP contribution in [0.3, 0.4) is 0 Å². The molecule has 0 amide bonds. The zero-order chi connectivity index (χ0) is 20.2. The van der Waals surface area contributed by atoms with E-state index in [0.717, 1.165) is 55.4 Å². The average Bonchev–Trinajstić information content (AvgIpc) is 3.08. The number of rotatable bonds is 6. The van der Waals surface area contributed by atoms with Crippen LogP contribution in [-0.2, 0) is 13.5 Å². The van der Waals surface area contributed by atoms with Crippen molar-refractivity contribution in [3.05, 3.63) is 83.0 Å². The fraction of sp³-hybridized carbons (Fsp3) is 0.320. The molecule has 1 aliphatic rings. The monoisotopic (exact) mass is 406 g/mol. The largest absolute Gasteiger partial charge is 0.350 e. The van der Waals surface area contributed by atoms with Crippen LogP contribution in [0.25, 0.3) is 10.9 Å². The SMILES string of the molecule is Cn1cc(C(=O)/C=C/C2CCN(CCc3ccccc3)CC2)c2ccc(Cl)cc21. The third kappa shape index (κ3) is 4.80. The summed E-state index contributed by atoms with van der Waals surface area (Å²) in [7, 11) is 1.95. The smallest absolute Gasteiger partial charge is 0.187 e. The fourth-order valence-electron chi connectivity index (χ4n) is 4.17. The number of aryl methyl sites for hydroxylation is 1. The fourth-order valence-corrected chi connectivity index (χ4v) is 4.33. The molecule has 3 aromatic rings. The van der Waals surface area contributed by atoms with Crippen molar-refractivity contribution in [1.29, 1.82) is 0 Å². The molecule has 4 rings (SSSR count). The summed E-state index contributed by atoms with van der Waals surface area (Å²) in [6.45, 7) is 3.31. The summed E-state index contributed by atoms with van der Waals surface area (Å²) in [5.41, 5.74) is 3.13. The lowest BCUT2D eigenvalue weighted by atomic mass is 9.95. The van der Waals surface area contributed by atoms with E-state index in [1.165, 1.54) is 5.56 Å². The van der Waals surface area contributed by atoms with E-state index in [4.69, 9.17) is 11.6 Å². The Morgan fingerprint density at radius 3 is 2.66 bits per heavy atom. The molecular weight excluding hydrogens is 380 g/mol. The normalized spacial score (nSPS) is 16.1. The Morgan fingerprint density at radius 2 is 1.90 bits per heavy atom. The van der Waals surface area contributed by atoms with Crippen molar-refractivity contribution < 1.29 is 4.79 Å². The van der Waals surface area contributed by atoms with Crippen molar-refractivity contribution in [2.45, 2.75) is 19.3 Å². The van der Waals surface area contributed by atoms with Gasteiger partial charge in [-0.2, -0.15) is 0 Å². The molecule has 1 aromatic heterocycles. The molecule has 0 radical (unpaired) electrons. The van der Waals surface area contributed by atoms with Gasteiger partial charge in [-0.25, -0.2) is 0 Å². The number of piperidine rings is 1. The van der Waals surface area contributed by atoms with Crippen LogP contribution >= 0.6 is 11.6 Å². The van der Waals surface area contributed by atoms with Crippen molar-refractivity contribution >= 4 is 28.3 Å². The lowest BCUT2D eigenvalue weighted by Gasteiger charge is -2.30. The first-order valence-electron chi connectivity index (χ1n) is 10.3. The van der Waals surface area contributed by atoms with Crippen LogP contribution in [-0.4, -0.2) is 34.9 Å². The van der Waals surface area contributed by atoms with Crippen LogP contribution < -0.4 is 0 Å². The highest BCUT2D eigenvalue weighted by Gasteiger charge is 2.18. The maximum Gasteiger partial charge on any atom is 0.187 e. The number of benzene rings is 2. The van der Waals surface area contributed by atoms with Crippen LogP contribution in [0.1, 0.15) is 28.8 Å². The molecule has 2 aromatic carbocycles. The van der Waals surface area contributed by atoms with E-state index in [0.29, 0.717) is 10.9 Å². The molecule has 0 aliphatic carbocycles. The van der Waals surface area contributed by atoms with Gasteiger partial charge in [-0.05, 0) is 62.0 Å². The Morgan fingerprint density at radius 1 is 1.14 bits per heavy atom. The first kappa shape index (κ1) is 19.9. The van der Waals surface area contributed by atoms with E-state index in [-0.39, 0.29) is 5.78 Å². The molecular formula is C25H27ClN2O. The summed E-state index contributed by atoms with van der Waals surface area (Å²) in [6.07, 6.45) is 9.12. The van der Waals surface area contributed by atoms with Crippen molar-refractivity contribution in [2.24, 2.45) is 13.0 Å². The summed E-state index contributed by atoms with van der Waals surface area (Å²) in [4.78, 5) is 15.3. The number of aromatic nitrogens is 1. The molecule has 0 spiro atoms. The Labute approximate surface area is 177 Å². The lowest BCUT2D eigenvalue weighted by Crippen LogP contribution is -2.34. The minimum Gasteiger partial charge on any atom is -0.350 e. The standard InChI is InChI=1S/C25H27ClN2O/c1-27-18-23(22-9-8-21(26)17-24(22)27)25(29)10-7-20-12-15-28(16-13-20)14-11-19-5-3-2-4-6-19/h2-10,17-18,20H,11-16H2,1H3/b10-7+. The van der Waals surface area contributed by atoms with E-state index >= 15 is 0 Å². The Kier molecular flexibility index (Phi) is 6.17. The van der Waals surface area contributed by atoms with Gasteiger partial charge in [0.2, 0.25) is 0 Å². The second-order valence-electron chi connectivity index (χ2n) is 7.95. The first-order chi connectivity index (χ1) is 14.1. The Bertz CT molecular complexity index is 1010. The van der Waals surface area contributed by atoms with Crippen LogP contribution in [0.5, 0.6) is 0 Å². The Hall–Kier alpha value is -2.36. The summed E-state index contributed by atoms with van der Waals surface area (Å²) in [6, 6.07) is 16.4. The molecule has 0 N–H and O–H groups in total. The number of carbonyl (C=O) groups excluding carboxylic acids is 1. The lowest BCUT2D eigenvalue weighted by molar-refractivity contribution is 0.104. The third-order valence-electron chi connectivity index (χ3n) is 5.93. The third-order valence-corrected chi connectivity index (χ3v) is 6.16. The van der Waals surface area contributed by atoms with E-state index in [1.54, 1.807) is 6.08 Å². The molecule has 1 saturated heterocycles. The van der Waals surface area contributed by atoms with Gasteiger partial charge in [0, 0.05) is 41.3 Å². The molecule has 4 heteroatoms. The molecule has 0 atom stereocenters.